The summed E-state index contributed by atoms with van der Waals surface area (Å²) in [5.41, 5.74) is 0. The Bertz CT molecular complexity index is 153. The van der Waals surface area contributed by atoms with Gasteiger partial charge in [-0.25, -0.2) is 0 Å². The zero-order chi connectivity index (χ0) is 8.97. The Hall–Kier alpha value is 0.140. The van der Waals surface area contributed by atoms with Crippen molar-refractivity contribution in [3.05, 3.63) is 12.7 Å². The molecule has 12 heavy (non-hydrogen) atoms. The molecule has 2 atom stereocenters. The number of allylic oxidation sites excluding steroid dienone is 1. The highest BCUT2D eigenvalue weighted by atomic mass is 127. The number of hydrogen-bond acceptors (Lipinski definition) is 1. The fraction of sp³-hybridized carbons (Fsp3) is 0.700. The Morgan fingerprint density at radius 3 is 2.42 bits per heavy atom. The minimum atomic E-state index is 0.286. The highest BCUT2D eigenvalue weighted by molar-refractivity contribution is 14.1. The SMILES string of the molecule is C=CC(C=N)[C@H](I)C1CCCC1. The van der Waals surface area contributed by atoms with Gasteiger partial charge in [0.1, 0.15) is 0 Å². The summed E-state index contributed by atoms with van der Waals surface area (Å²) in [6, 6.07) is 0. The summed E-state index contributed by atoms with van der Waals surface area (Å²) in [6.45, 7) is 3.77. The standard InChI is InChI=1S/C10H16IN/c1-2-8(7-12)10(11)9-5-3-4-6-9/h2,7-10,12H,1,3-6H2/t8?,10-/m0/s1. The van der Waals surface area contributed by atoms with Gasteiger partial charge in [-0.2, -0.15) is 0 Å². The van der Waals surface area contributed by atoms with E-state index in [4.69, 9.17) is 5.41 Å². The largest absolute Gasteiger partial charge is 0.312 e. The molecule has 1 rings (SSSR count). The van der Waals surface area contributed by atoms with Crippen LogP contribution in [0, 0.1) is 17.2 Å². The summed E-state index contributed by atoms with van der Waals surface area (Å²) < 4.78 is 0.597. The van der Waals surface area contributed by atoms with Crippen molar-refractivity contribution in [2.45, 2.75) is 29.6 Å². The molecule has 0 radical (unpaired) electrons. The van der Waals surface area contributed by atoms with E-state index in [0.717, 1.165) is 5.92 Å². The summed E-state index contributed by atoms with van der Waals surface area (Å²) in [5, 5.41) is 7.25. The smallest absolute Gasteiger partial charge is 0.0250 e. The van der Waals surface area contributed by atoms with Crippen molar-refractivity contribution in [3.8, 4) is 0 Å². The maximum absolute atomic E-state index is 7.25. The average molecular weight is 277 g/mol. The van der Waals surface area contributed by atoms with Crippen LogP contribution in [0.1, 0.15) is 25.7 Å². The minimum absolute atomic E-state index is 0.286. The van der Waals surface area contributed by atoms with E-state index in [-0.39, 0.29) is 5.92 Å². The van der Waals surface area contributed by atoms with Crippen LogP contribution in [0.25, 0.3) is 0 Å². The lowest BCUT2D eigenvalue weighted by Gasteiger charge is -2.21. The van der Waals surface area contributed by atoms with Gasteiger partial charge in [-0.3, -0.25) is 0 Å². The summed E-state index contributed by atoms with van der Waals surface area (Å²) in [6.07, 6.45) is 8.90. The highest BCUT2D eigenvalue weighted by Gasteiger charge is 2.26. The van der Waals surface area contributed by atoms with Gasteiger partial charge < -0.3 is 5.41 Å². The second kappa shape index (κ2) is 5.00. The van der Waals surface area contributed by atoms with Gasteiger partial charge in [-0.05, 0) is 18.8 Å². The van der Waals surface area contributed by atoms with E-state index < -0.39 is 0 Å². The lowest BCUT2D eigenvalue weighted by molar-refractivity contribution is 0.511. The monoisotopic (exact) mass is 277 g/mol. The summed E-state index contributed by atoms with van der Waals surface area (Å²) in [4.78, 5) is 0. The predicted molar refractivity (Wildman–Crippen MR) is 62.2 cm³/mol. The number of nitrogens with one attached hydrogen (secondary N) is 1. The van der Waals surface area contributed by atoms with Gasteiger partial charge in [-0.15, -0.1) is 6.58 Å². The Labute approximate surface area is 88.3 Å². The van der Waals surface area contributed by atoms with Crippen molar-refractivity contribution in [3.63, 3.8) is 0 Å². The van der Waals surface area contributed by atoms with Crippen LogP contribution >= 0.6 is 22.6 Å². The lowest BCUT2D eigenvalue weighted by atomic mass is 9.94. The second-order valence-electron chi connectivity index (χ2n) is 3.47. The third-order valence-electron chi connectivity index (χ3n) is 2.68. The molecule has 1 aliphatic rings. The quantitative estimate of drug-likeness (QED) is 0.352. The van der Waals surface area contributed by atoms with E-state index in [1.165, 1.54) is 31.9 Å². The van der Waals surface area contributed by atoms with E-state index in [2.05, 4.69) is 29.2 Å². The van der Waals surface area contributed by atoms with Gasteiger partial charge in [0.05, 0.1) is 0 Å². The molecular formula is C10H16IN. The van der Waals surface area contributed by atoms with E-state index in [0.29, 0.717) is 3.92 Å². The molecule has 0 aliphatic heterocycles. The molecule has 1 N–H and O–H groups in total. The van der Waals surface area contributed by atoms with E-state index >= 15 is 0 Å². The first-order valence-electron chi connectivity index (χ1n) is 4.56. The third kappa shape index (κ3) is 2.31. The molecule has 0 amide bonds. The van der Waals surface area contributed by atoms with Crippen molar-refractivity contribution in [2.75, 3.05) is 0 Å². The van der Waals surface area contributed by atoms with Crippen LogP contribution in [0.2, 0.25) is 0 Å². The Morgan fingerprint density at radius 2 is 2.00 bits per heavy atom. The van der Waals surface area contributed by atoms with Crippen LogP contribution in [-0.2, 0) is 0 Å². The maximum Gasteiger partial charge on any atom is 0.0250 e. The second-order valence-corrected chi connectivity index (χ2v) is 4.91. The Kier molecular flexibility index (Phi) is 4.26. The predicted octanol–water partition coefficient (Wildman–Crippen LogP) is 3.43. The first-order valence-corrected chi connectivity index (χ1v) is 5.81. The lowest BCUT2D eigenvalue weighted by Crippen LogP contribution is -2.20. The molecule has 0 saturated heterocycles. The van der Waals surface area contributed by atoms with Gasteiger partial charge in [0.15, 0.2) is 0 Å². The van der Waals surface area contributed by atoms with Crippen LogP contribution in [0.4, 0.5) is 0 Å². The molecule has 0 aromatic carbocycles. The third-order valence-corrected chi connectivity index (χ3v) is 4.53. The topological polar surface area (TPSA) is 23.9 Å². The number of hydrogen-bond donors (Lipinski definition) is 1. The molecule has 0 heterocycles. The van der Waals surface area contributed by atoms with Gasteiger partial charge in [0, 0.05) is 16.1 Å². The van der Waals surface area contributed by atoms with E-state index in [9.17, 15) is 0 Å². The van der Waals surface area contributed by atoms with Crippen LogP contribution in [-0.4, -0.2) is 10.1 Å². The van der Waals surface area contributed by atoms with Crippen molar-refractivity contribution >= 4 is 28.8 Å². The van der Waals surface area contributed by atoms with Crippen molar-refractivity contribution in [1.29, 1.82) is 5.41 Å². The first-order chi connectivity index (χ1) is 5.79. The van der Waals surface area contributed by atoms with Crippen molar-refractivity contribution < 1.29 is 0 Å². The Morgan fingerprint density at radius 1 is 1.42 bits per heavy atom. The first kappa shape index (κ1) is 10.2. The van der Waals surface area contributed by atoms with Crippen molar-refractivity contribution in [2.24, 2.45) is 11.8 Å². The molecule has 68 valence electrons. The molecule has 0 bridgehead atoms. The number of alkyl halides is 1. The fourth-order valence-electron chi connectivity index (χ4n) is 1.88. The molecule has 1 nitrogen and oxygen atoms in total. The molecule has 1 aliphatic carbocycles. The summed E-state index contributed by atoms with van der Waals surface area (Å²) in [7, 11) is 0. The van der Waals surface area contributed by atoms with Gasteiger partial charge in [0.25, 0.3) is 0 Å². The van der Waals surface area contributed by atoms with Gasteiger partial charge >= 0.3 is 0 Å². The van der Waals surface area contributed by atoms with Crippen LogP contribution < -0.4 is 0 Å². The van der Waals surface area contributed by atoms with Crippen LogP contribution in [0.5, 0.6) is 0 Å². The molecule has 2 heteroatoms. The van der Waals surface area contributed by atoms with Crippen LogP contribution in [0.3, 0.4) is 0 Å². The molecule has 0 spiro atoms. The molecule has 1 fully saturated rings. The average Bonchev–Trinajstić information content (AvgIpc) is 2.58. The number of rotatable bonds is 4. The number of halogens is 1. The minimum Gasteiger partial charge on any atom is -0.312 e. The molecule has 0 aromatic heterocycles. The summed E-state index contributed by atoms with van der Waals surface area (Å²) >= 11 is 2.48. The molecule has 1 saturated carbocycles. The zero-order valence-corrected chi connectivity index (χ0v) is 9.46. The summed E-state index contributed by atoms with van der Waals surface area (Å²) in [5.74, 6) is 1.11. The molecule has 1 unspecified atom stereocenters. The van der Waals surface area contributed by atoms with E-state index in [1.807, 2.05) is 6.08 Å². The van der Waals surface area contributed by atoms with Crippen molar-refractivity contribution in [1.82, 2.24) is 0 Å². The maximum atomic E-state index is 7.25. The van der Waals surface area contributed by atoms with Gasteiger partial charge in [0.2, 0.25) is 0 Å². The Balaban J connectivity index is 2.48. The normalized spacial score (nSPS) is 23.4. The highest BCUT2D eigenvalue weighted by Crippen LogP contribution is 2.35. The van der Waals surface area contributed by atoms with Crippen LogP contribution in [0.15, 0.2) is 12.7 Å². The zero-order valence-electron chi connectivity index (χ0n) is 7.30. The molecular weight excluding hydrogens is 261 g/mol. The van der Waals surface area contributed by atoms with E-state index in [1.54, 1.807) is 0 Å². The fourth-order valence-corrected chi connectivity index (χ4v) is 3.10. The molecule has 0 aromatic rings. The van der Waals surface area contributed by atoms with Gasteiger partial charge in [-0.1, -0.05) is 41.5 Å².